The van der Waals surface area contributed by atoms with Gasteiger partial charge in [-0.2, -0.15) is 0 Å². The lowest BCUT2D eigenvalue weighted by Crippen LogP contribution is -2.31. The van der Waals surface area contributed by atoms with Crippen molar-refractivity contribution in [2.75, 3.05) is 37.7 Å². The maximum absolute atomic E-state index is 13.8. The summed E-state index contributed by atoms with van der Waals surface area (Å²) < 4.78 is 12.2. The number of carbonyl (C=O) groups is 2. The zero-order valence-electron chi connectivity index (χ0n) is 25.1. The molecule has 3 aliphatic rings. The third-order valence-electron chi connectivity index (χ3n) is 8.10. The Bertz CT molecular complexity index is 1340. The van der Waals surface area contributed by atoms with Crippen LogP contribution in [0, 0.1) is 5.41 Å². The van der Waals surface area contributed by atoms with Crippen molar-refractivity contribution in [3.63, 3.8) is 0 Å². The molecule has 2 fully saturated rings. The Balaban J connectivity index is 0.00000405. The smallest absolute Gasteiger partial charge is 0.303 e. The third-order valence-corrected chi connectivity index (χ3v) is 8.10. The number of ether oxygens (including phenoxy) is 2. The number of nitrogens with one attached hydrogen (secondary N) is 1. The molecule has 1 aromatic heterocycles. The van der Waals surface area contributed by atoms with Crippen molar-refractivity contribution in [1.29, 1.82) is 5.41 Å². The first kappa shape index (κ1) is 31.9. The van der Waals surface area contributed by atoms with E-state index in [-0.39, 0.29) is 53.9 Å². The molecule has 1 atom stereocenters. The molecule has 1 saturated heterocycles. The molecule has 2 aromatic rings. The number of aromatic nitrogens is 1. The fourth-order valence-corrected chi connectivity index (χ4v) is 5.71. The number of benzene rings is 1. The number of pyridine rings is 1. The summed E-state index contributed by atoms with van der Waals surface area (Å²) in [5, 5.41) is 17.9. The zero-order chi connectivity index (χ0) is 29.3. The van der Waals surface area contributed by atoms with E-state index in [4.69, 9.17) is 25.0 Å². The van der Waals surface area contributed by atoms with E-state index in [9.17, 15) is 9.59 Å². The number of carboxylic acid groups (broad SMARTS) is 1. The van der Waals surface area contributed by atoms with E-state index < -0.39 is 5.97 Å². The zero-order valence-corrected chi connectivity index (χ0v) is 26.8. The molecule has 3 heterocycles. The number of carbonyl (C=O) groups excluding carboxylic acids is 1. The van der Waals surface area contributed by atoms with Crippen molar-refractivity contribution < 1.29 is 24.2 Å². The average molecular weight is 644 g/mol. The fourth-order valence-electron chi connectivity index (χ4n) is 5.71. The number of halogens is 1. The third kappa shape index (κ3) is 7.14. The lowest BCUT2D eigenvalue weighted by molar-refractivity contribution is -0.137. The van der Waals surface area contributed by atoms with E-state index in [2.05, 4.69) is 37.8 Å². The maximum atomic E-state index is 13.8. The number of carboxylic acids is 1. The van der Waals surface area contributed by atoms with Gasteiger partial charge in [0.05, 0.1) is 24.9 Å². The van der Waals surface area contributed by atoms with Gasteiger partial charge in [-0.1, -0.05) is 26.8 Å². The molecule has 42 heavy (non-hydrogen) atoms. The van der Waals surface area contributed by atoms with Crippen molar-refractivity contribution in [3.05, 3.63) is 52.3 Å². The van der Waals surface area contributed by atoms with Crippen LogP contribution in [0.15, 0.2) is 24.3 Å². The highest BCUT2D eigenvalue weighted by Crippen LogP contribution is 2.42. The summed E-state index contributed by atoms with van der Waals surface area (Å²) in [5.74, 6) is 0.614. The van der Waals surface area contributed by atoms with Crippen LogP contribution in [-0.2, 0) is 21.5 Å². The Morgan fingerprint density at radius 2 is 1.93 bits per heavy atom. The van der Waals surface area contributed by atoms with Gasteiger partial charge in [-0.15, -0.1) is 17.0 Å². The number of anilines is 1. The highest BCUT2D eigenvalue weighted by Gasteiger charge is 2.33. The average Bonchev–Trinajstić information content (AvgIpc) is 3.60. The highest BCUT2D eigenvalue weighted by molar-refractivity contribution is 8.93. The first-order valence-corrected chi connectivity index (χ1v) is 14.8. The molecule has 1 aliphatic carbocycles. The van der Waals surface area contributed by atoms with Crippen LogP contribution in [0.1, 0.15) is 98.6 Å². The van der Waals surface area contributed by atoms with Crippen molar-refractivity contribution in [1.82, 2.24) is 9.88 Å². The summed E-state index contributed by atoms with van der Waals surface area (Å²) in [6.07, 6.45) is 3.73. The molecule has 0 spiro atoms. The molecule has 10 heteroatoms. The lowest BCUT2D eigenvalue weighted by atomic mass is 9.84. The van der Waals surface area contributed by atoms with E-state index in [0.717, 1.165) is 48.3 Å². The van der Waals surface area contributed by atoms with Crippen LogP contribution in [-0.4, -0.2) is 71.5 Å². The Hall–Kier alpha value is -2.98. The van der Waals surface area contributed by atoms with Gasteiger partial charge < -0.3 is 24.4 Å². The molecular formula is C32H43BrN4O5. The van der Waals surface area contributed by atoms with Gasteiger partial charge in [0.25, 0.3) is 0 Å². The minimum Gasteiger partial charge on any atom is -0.491 e. The van der Waals surface area contributed by atoms with Crippen LogP contribution in [0.3, 0.4) is 0 Å². The number of rotatable bonds is 12. The number of nitrogens with zero attached hydrogens (tertiary/aromatic N) is 3. The summed E-state index contributed by atoms with van der Waals surface area (Å²) in [4.78, 5) is 33.7. The van der Waals surface area contributed by atoms with Gasteiger partial charge in [0.2, 0.25) is 0 Å². The van der Waals surface area contributed by atoms with Crippen LogP contribution < -0.4 is 9.64 Å². The quantitative estimate of drug-likeness (QED) is 0.223. The number of ketones is 1. The van der Waals surface area contributed by atoms with E-state index in [1.54, 1.807) is 0 Å². The Morgan fingerprint density at radius 1 is 1.17 bits per heavy atom. The molecule has 0 amide bonds. The molecular weight excluding hydrogens is 600 g/mol. The molecule has 2 aliphatic heterocycles. The molecule has 1 saturated carbocycles. The minimum absolute atomic E-state index is 0. The van der Waals surface area contributed by atoms with Gasteiger partial charge in [0.1, 0.15) is 17.3 Å². The maximum Gasteiger partial charge on any atom is 0.303 e. The largest absolute Gasteiger partial charge is 0.491 e. The van der Waals surface area contributed by atoms with Gasteiger partial charge in [-0.3, -0.25) is 15.0 Å². The second-order valence-corrected chi connectivity index (χ2v) is 12.4. The van der Waals surface area contributed by atoms with E-state index in [1.807, 2.05) is 24.0 Å². The summed E-state index contributed by atoms with van der Waals surface area (Å²) in [6.45, 7) is 11.3. The SMILES string of the molecule is Br.CCOC1CCN(c2cc(C(=O)CN3Cc4ccc(C5CC5)nc4C3=N)cc(C(C)(C)C)c2OCCCC(=O)O)C1. The van der Waals surface area contributed by atoms with Crippen LogP contribution in [0.4, 0.5) is 5.69 Å². The minimum atomic E-state index is -0.849. The van der Waals surface area contributed by atoms with Crippen LogP contribution >= 0.6 is 17.0 Å². The normalized spacial score (nSPS) is 18.2. The van der Waals surface area contributed by atoms with Crippen molar-refractivity contribution in [2.24, 2.45) is 0 Å². The number of amidine groups is 1. The summed E-state index contributed by atoms with van der Waals surface area (Å²) in [7, 11) is 0. The first-order valence-electron chi connectivity index (χ1n) is 14.8. The number of hydrogen-bond acceptors (Lipinski definition) is 7. The van der Waals surface area contributed by atoms with Gasteiger partial charge in [0.15, 0.2) is 5.78 Å². The number of aliphatic carboxylic acids is 1. The molecule has 0 bridgehead atoms. The van der Waals surface area contributed by atoms with Crippen molar-refractivity contribution in [2.45, 2.75) is 83.8 Å². The fraction of sp³-hybridized carbons (Fsp3) is 0.562. The molecule has 2 N–H and O–H groups in total. The Kier molecular flexibility index (Phi) is 9.98. The summed E-state index contributed by atoms with van der Waals surface area (Å²) >= 11 is 0. The van der Waals surface area contributed by atoms with Crippen molar-refractivity contribution >= 4 is 40.3 Å². The van der Waals surface area contributed by atoms with Gasteiger partial charge >= 0.3 is 5.97 Å². The van der Waals surface area contributed by atoms with Gasteiger partial charge in [0, 0.05) is 61.0 Å². The van der Waals surface area contributed by atoms with Crippen LogP contribution in [0.5, 0.6) is 5.75 Å². The Labute approximate surface area is 258 Å². The molecule has 5 rings (SSSR count). The summed E-state index contributed by atoms with van der Waals surface area (Å²) in [5.41, 5.74) is 4.74. The lowest BCUT2D eigenvalue weighted by Gasteiger charge is -2.30. The molecule has 1 unspecified atom stereocenters. The number of hydrogen-bond donors (Lipinski definition) is 2. The molecule has 1 aromatic carbocycles. The predicted octanol–water partition coefficient (Wildman–Crippen LogP) is 5.72. The molecule has 0 radical (unpaired) electrons. The first-order chi connectivity index (χ1) is 19.5. The van der Waals surface area contributed by atoms with E-state index in [0.29, 0.717) is 54.9 Å². The summed E-state index contributed by atoms with van der Waals surface area (Å²) in [6, 6.07) is 7.96. The van der Waals surface area contributed by atoms with Crippen molar-refractivity contribution in [3.8, 4) is 5.75 Å². The van der Waals surface area contributed by atoms with E-state index >= 15 is 0 Å². The molecule has 9 nitrogen and oxygen atoms in total. The highest BCUT2D eigenvalue weighted by atomic mass is 79.9. The topological polar surface area (TPSA) is 116 Å². The monoisotopic (exact) mass is 642 g/mol. The second-order valence-electron chi connectivity index (χ2n) is 12.4. The number of fused-ring (bicyclic) bond motifs is 1. The van der Waals surface area contributed by atoms with Gasteiger partial charge in [-0.25, -0.2) is 4.98 Å². The Morgan fingerprint density at radius 3 is 2.60 bits per heavy atom. The standard InChI is InChI=1S/C32H42N4O5.BrH/c1-5-40-23-12-13-35(18-23)26-16-22(15-24(32(2,3)4)30(26)41-14-6-7-28(38)39)27(37)19-36-17-21-10-11-25(20-8-9-20)34-29(21)31(36)33;/h10-11,15-16,20,23,33H,5-9,12-14,17-19H2,1-4H3,(H,38,39);1H. The van der Waals surface area contributed by atoms with Crippen LogP contribution in [0.2, 0.25) is 0 Å². The van der Waals surface area contributed by atoms with Gasteiger partial charge in [-0.05, 0) is 56.2 Å². The van der Waals surface area contributed by atoms with Crippen LogP contribution in [0.25, 0.3) is 0 Å². The second kappa shape index (κ2) is 13.1. The number of Topliss-reactive ketones (excluding diaryl/α,β-unsaturated/α-hetero) is 1. The molecule has 228 valence electrons. The predicted molar refractivity (Wildman–Crippen MR) is 168 cm³/mol. The van der Waals surface area contributed by atoms with E-state index in [1.165, 1.54) is 0 Å².